The Balaban J connectivity index is 1.92. The lowest BCUT2D eigenvalue weighted by Gasteiger charge is -2.10. The molecule has 0 saturated carbocycles. The van der Waals surface area contributed by atoms with Gasteiger partial charge >= 0.3 is 6.16 Å². The van der Waals surface area contributed by atoms with Crippen LogP contribution in [0.3, 0.4) is 0 Å². The van der Waals surface area contributed by atoms with Crippen molar-refractivity contribution >= 4 is 44.5 Å². The van der Waals surface area contributed by atoms with Crippen LogP contribution in [-0.4, -0.2) is 23.2 Å². The van der Waals surface area contributed by atoms with Crippen molar-refractivity contribution in [3.8, 4) is 5.75 Å². The van der Waals surface area contributed by atoms with E-state index in [9.17, 15) is 4.79 Å². The quantitative estimate of drug-likeness (QED) is 0.545. The van der Waals surface area contributed by atoms with Crippen LogP contribution in [0.2, 0.25) is 0 Å². The van der Waals surface area contributed by atoms with Crippen molar-refractivity contribution in [2.75, 3.05) is 12.4 Å². The largest absolute Gasteiger partial charge is 0.513 e. The molecule has 3 rings (SSSR count). The summed E-state index contributed by atoms with van der Waals surface area (Å²) in [6, 6.07) is 12.7. The van der Waals surface area contributed by atoms with Gasteiger partial charge in [-0.15, -0.1) is 0 Å². The van der Waals surface area contributed by atoms with Crippen LogP contribution in [0.15, 0.2) is 53.3 Å². The molecule has 0 aliphatic heterocycles. The number of carbonyl (C=O) groups excluding carboxylic acids is 1. The number of benzene rings is 2. The van der Waals surface area contributed by atoms with Gasteiger partial charge in [0.05, 0.1) is 12.6 Å². The Labute approximate surface area is 140 Å². The molecule has 23 heavy (non-hydrogen) atoms. The van der Waals surface area contributed by atoms with E-state index in [0.29, 0.717) is 11.6 Å². The van der Waals surface area contributed by atoms with Crippen LogP contribution in [0.25, 0.3) is 10.9 Å². The van der Waals surface area contributed by atoms with Crippen molar-refractivity contribution in [2.45, 2.75) is 0 Å². The Morgan fingerprint density at radius 2 is 2.04 bits per heavy atom. The van der Waals surface area contributed by atoms with Gasteiger partial charge in [0.25, 0.3) is 0 Å². The highest BCUT2D eigenvalue weighted by molar-refractivity contribution is 9.10. The molecule has 1 heterocycles. The minimum Gasteiger partial charge on any atom is -0.437 e. The van der Waals surface area contributed by atoms with Crippen molar-refractivity contribution in [1.82, 2.24) is 9.97 Å². The first-order valence-electron chi connectivity index (χ1n) is 6.69. The fourth-order valence-electron chi connectivity index (χ4n) is 2.04. The van der Waals surface area contributed by atoms with Crippen LogP contribution in [0.4, 0.5) is 16.3 Å². The summed E-state index contributed by atoms with van der Waals surface area (Å²) in [5, 5.41) is 4.08. The Bertz CT molecular complexity index is 870. The molecule has 0 fully saturated rings. The highest BCUT2D eigenvalue weighted by Crippen LogP contribution is 2.27. The zero-order valence-electron chi connectivity index (χ0n) is 12.1. The van der Waals surface area contributed by atoms with Crippen molar-refractivity contribution in [3.63, 3.8) is 0 Å². The molecule has 1 N–H and O–H groups in total. The van der Waals surface area contributed by atoms with Crippen molar-refractivity contribution in [1.29, 1.82) is 0 Å². The molecule has 0 saturated heterocycles. The Kier molecular flexibility index (Phi) is 4.38. The maximum absolute atomic E-state index is 11.2. The molecule has 0 aliphatic rings. The van der Waals surface area contributed by atoms with E-state index in [4.69, 9.17) is 4.74 Å². The van der Waals surface area contributed by atoms with E-state index in [-0.39, 0.29) is 0 Å². The van der Waals surface area contributed by atoms with Gasteiger partial charge in [0.1, 0.15) is 17.9 Å². The second-order valence-corrected chi connectivity index (χ2v) is 5.51. The van der Waals surface area contributed by atoms with Gasteiger partial charge < -0.3 is 14.8 Å². The normalized spacial score (nSPS) is 10.3. The number of hydrogen-bond acceptors (Lipinski definition) is 6. The highest BCUT2D eigenvalue weighted by Gasteiger charge is 2.07. The summed E-state index contributed by atoms with van der Waals surface area (Å²) in [7, 11) is 1.26. The van der Waals surface area contributed by atoms with E-state index in [2.05, 4.69) is 36.0 Å². The number of aromatic nitrogens is 2. The number of methoxy groups -OCH3 is 1. The standard InChI is InChI=1S/C16H12BrN3O3/c1-22-16(21)23-12-4-2-3-11(8-12)20-15-13-7-10(17)5-6-14(13)18-9-19-15/h2-9H,1H3,(H,18,19,20). The molecule has 0 aliphatic carbocycles. The maximum Gasteiger partial charge on any atom is 0.513 e. The van der Waals surface area contributed by atoms with Gasteiger partial charge in [-0.25, -0.2) is 14.8 Å². The Morgan fingerprint density at radius 1 is 1.17 bits per heavy atom. The van der Waals surface area contributed by atoms with Gasteiger partial charge in [0.15, 0.2) is 0 Å². The third-order valence-corrected chi connectivity index (χ3v) is 3.56. The predicted molar refractivity (Wildman–Crippen MR) is 90.0 cm³/mol. The summed E-state index contributed by atoms with van der Waals surface area (Å²) in [5.41, 5.74) is 1.55. The lowest BCUT2D eigenvalue weighted by molar-refractivity contribution is 0.121. The molecule has 0 radical (unpaired) electrons. The first kappa shape index (κ1) is 15.2. The first-order valence-corrected chi connectivity index (χ1v) is 7.48. The van der Waals surface area contributed by atoms with Gasteiger partial charge in [-0.2, -0.15) is 0 Å². The highest BCUT2D eigenvalue weighted by atomic mass is 79.9. The number of carbonyl (C=O) groups is 1. The molecule has 7 heteroatoms. The van der Waals surface area contributed by atoms with Gasteiger partial charge in [0, 0.05) is 21.6 Å². The summed E-state index contributed by atoms with van der Waals surface area (Å²) in [5.74, 6) is 1.04. The van der Waals surface area contributed by atoms with Gasteiger partial charge in [0.2, 0.25) is 0 Å². The third kappa shape index (κ3) is 3.57. The minimum atomic E-state index is -0.765. The van der Waals surface area contributed by atoms with Crippen LogP contribution in [0.1, 0.15) is 0 Å². The summed E-state index contributed by atoms with van der Waals surface area (Å²) in [6.45, 7) is 0. The summed E-state index contributed by atoms with van der Waals surface area (Å²) >= 11 is 3.44. The number of hydrogen-bond donors (Lipinski definition) is 1. The van der Waals surface area contributed by atoms with Gasteiger partial charge in [-0.05, 0) is 30.3 Å². The smallest absolute Gasteiger partial charge is 0.437 e. The number of anilines is 2. The lowest BCUT2D eigenvalue weighted by Crippen LogP contribution is -2.07. The molecule has 0 spiro atoms. The van der Waals surface area contributed by atoms with Gasteiger partial charge in [-0.1, -0.05) is 22.0 Å². The molecule has 2 aromatic carbocycles. The number of rotatable bonds is 3. The lowest BCUT2D eigenvalue weighted by atomic mass is 10.2. The van der Waals surface area contributed by atoms with Gasteiger partial charge in [-0.3, -0.25) is 0 Å². The summed E-state index contributed by atoms with van der Waals surface area (Å²) in [4.78, 5) is 19.7. The van der Waals surface area contributed by atoms with Crippen LogP contribution in [0, 0.1) is 0 Å². The number of ether oxygens (including phenoxy) is 2. The van der Waals surface area contributed by atoms with E-state index in [1.54, 1.807) is 18.2 Å². The van der Waals surface area contributed by atoms with E-state index >= 15 is 0 Å². The fourth-order valence-corrected chi connectivity index (χ4v) is 2.40. The molecule has 116 valence electrons. The molecular formula is C16H12BrN3O3. The molecule has 6 nitrogen and oxygen atoms in total. The second-order valence-electron chi connectivity index (χ2n) is 4.59. The number of nitrogens with one attached hydrogen (secondary N) is 1. The van der Waals surface area contributed by atoms with E-state index in [1.807, 2.05) is 24.3 Å². The van der Waals surface area contributed by atoms with Crippen molar-refractivity contribution in [3.05, 3.63) is 53.3 Å². The number of nitrogens with zero attached hydrogens (tertiary/aromatic N) is 2. The molecule has 0 atom stereocenters. The zero-order valence-corrected chi connectivity index (χ0v) is 13.7. The van der Waals surface area contributed by atoms with Crippen LogP contribution >= 0.6 is 15.9 Å². The molecule has 0 amide bonds. The van der Waals surface area contributed by atoms with Crippen molar-refractivity contribution in [2.24, 2.45) is 0 Å². The Morgan fingerprint density at radius 3 is 2.87 bits per heavy atom. The zero-order chi connectivity index (χ0) is 16.2. The summed E-state index contributed by atoms with van der Waals surface area (Å²) < 4.78 is 10.4. The molecular weight excluding hydrogens is 362 g/mol. The average Bonchev–Trinajstić information content (AvgIpc) is 2.55. The average molecular weight is 374 g/mol. The molecule has 0 bridgehead atoms. The van der Waals surface area contributed by atoms with E-state index in [0.717, 1.165) is 21.1 Å². The van der Waals surface area contributed by atoms with Crippen LogP contribution in [0.5, 0.6) is 5.75 Å². The van der Waals surface area contributed by atoms with E-state index in [1.165, 1.54) is 13.4 Å². The van der Waals surface area contributed by atoms with Crippen LogP contribution in [-0.2, 0) is 4.74 Å². The SMILES string of the molecule is COC(=O)Oc1cccc(Nc2ncnc3ccc(Br)cc23)c1. The number of halogens is 1. The predicted octanol–water partition coefficient (Wildman–Crippen LogP) is 4.28. The Hall–Kier alpha value is -2.67. The second kappa shape index (κ2) is 6.62. The van der Waals surface area contributed by atoms with Crippen LogP contribution < -0.4 is 10.1 Å². The molecule has 3 aromatic rings. The van der Waals surface area contributed by atoms with E-state index < -0.39 is 6.16 Å². The monoisotopic (exact) mass is 373 g/mol. The first-order chi connectivity index (χ1) is 11.2. The number of fused-ring (bicyclic) bond motifs is 1. The third-order valence-electron chi connectivity index (χ3n) is 3.06. The maximum atomic E-state index is 11.2. The van der Waals surface area contributed by atoms with Crippen molar-refractivity contribution < 1.29 is 14.3 Å². The molecule has 1 aromatic heterocycles. The summed E-state index contributed by atoms with van der Waals surface area (Å²) in [6.07, 6.45) is 0.728. The topological polar surface area (TPSA) is 73.3 Å². The molecule has 0 unspecified atom stereocenters. The fraction of sp³-hybridized carbons (Fsp3) is 0.0625. The minimum absolute atomic E-state index is 0.376.